The number of carbonyl (C=O) groups excluding carboxylic acids is 2. The van der Waals surface area contributed by atoms with Gasteiger partial charge in [0.25, 0.3) is 0 Å². The Labute approximate surface area is 155 Å². The summed E-state index contributed by atoms with van der Waals surface area (Å²) in [6.45, 7) is 4.04. The summed E-state index contributed by atoms with van der Waals surface area (Å²) in [5.74, 6) is 0.0638. The molecular weight excluding hydrogens is 330 g/mol. The van der Waals surface area contributed by atoms with Crippen molar-refractivity contribution in [2.45, 2.75) is 57.6 Å². The number of ether oxygens (including phenoxy) is 1. The summed E-state index contributed by atoms with van der Waals surface area (Å²) in [4.78, 5) is 26.1. The molecule has 1 heterocycles. The molecule has 1 aliphatic heterocycles. The van der Waals surface area contributed by atoms with Crippen LogP contribution < -0.4 is 10.6 Å². The van der Waals surface area contributed by atoms with Gasteiger partial charge in [0.1, 0.15) is 0 Å². The first-order valence-electron chi connectivity index (χ1n) is 9.70. The van der Waals surface area contributed by atoms with E-state index in [1.54, 1.807) is 4.90 Å². The van der Waals surface area contributed by atoms with Crippen LogP contribution in [-0.4, -0.2) is 48.7 Å². The minimum Gasteiger partial charge on any atom is -0.376 e. The van der Waals surface area contributed by atoms with Crippen LogP contribution in [0.1, 0.15) is 44.6 Å². The number of hydrogen-bond donors (Lipinski definition) is 2. The number of rotatable bonds is 7. The monoisotopic (exact) mass is 359 g/mol. The van der Waals surface area contributed by atoms with Crippen molar-refractivity contribution >= 4 is 17.6 Å². The average Bonchev–Trinajstić information content (AvgIpc) is 3.46. The highest BCUT2D eigenvalue weighted by atomic mass is 16.5. The van der Waals surface area contributed by atoms with Gasteiger partial charge in [-0.2, -0.15) is 0 Å². The van der Waals surface area contributed by atoms with E-state index in [2.05, 4.69) is 10.6 Å². The normalized spacial score (nSPS) is 19.7. The first-order valence-corrected chi connectivity index (χ1v) is 9.70. The quantitative estimate of drug-likeness (QED) is 0.786. The van der Waals surface area contributed by atoms with Gasteiger partial charge in [-0.25, -0.2) is 4.79 Å². The molecule has 2 N–H and O–H groups in total. The van der Waals surface area contributed by atoms with Gasteiger partial charge >= 0.3 is 6.03 Å². The molecule has 3 amide bonds. The molecule has 2 aliphatic rings. The maximum absolute atomic E-state index is 12.5. The van der Waals surface area contributed by atoms with Crippen molar-refractivity contribution in [2.75, 3.05) is 25.0 Å². The average molecular weight is 359 g/mol. The highest BCUT2D eigenvalue weighted by molar-refractivity contribution is 5.89. The fourth-order valence-electron chi connectivity index (χ4n) is 3.15. The molecule has 0 radical (unpaired) electrons. The second-order valence-electron chi connectivity index (χ2n) is 7.17. The first-order chi connectivity index (χ1) is 12.6. The SMILES string of the molecule is CCN(C[C@H]1CCCCO1)C(=O)Nc1ccc(CC(=O)NC2CC2)cc1. The van der Waals surface area contributed by atoms with Crippen molar-refractivity contribution in [3.05, 3.63) is 29.8 Å². The number of anilines is 1. The van der Waals surface area contributed by atoms with E-state index in [4.69, 9.17) is 4.74 Å². The third-order valence-corrected chi connectivity index (χ3v) is 4.88. The second kappa shape index (κ2) is 9.03. The van der Waals surface area contributed by atoms with E-state index in [9.17, 15) is 9.59 Å². The third kappa shape index (κ3) is 5.73. The molecule has 0 aromatic heterocycles. The Balaban J connectivity index is 1.48. The van der Waals surface area contributed by atoms with Gasteiger partial charge < -0.3 is 20.3 Å². The fourth-order valence-corrected chi connectivity index (χ4v) is 3.15. The van der Waals surface area contributed by atoms with Crippen molar-refractivity contribution in [1.82, 2.24) is 10.2 Å². The van der Waals surface area contributed by atoms with Crippen molar-refractivity contribution in [2.24, 2.45) is 0 Å². The minimum atomic E-state index is -0.110. The lowest BCUT2D eigenvalue weighted by molar-refractivity contribution is -0.120. The number of carbonyl (C=O) groups is 2. The van der Waals surface area contributed by atoms with Gasteiger partial charge in [-0.3, -0.25) is 4.79 Å². The van der Waals surface area contributed by atoms with Crippen molar-refractivity contribution in [3.63, 3.8) is 0 Å². The van der Waals surface area contributed by atoms with E-state index in [0.717, 1.165) is 43.5 Å². The summed E-state index contributed by atoms with van der Waals surface area (Å²) in [7, 11) is 0. The number of amides is 3. The van der Waals surface area contributed by atoms with Crippen LogP contribution in [0.15, 0.2) is 24.3 Å². The summed E-state index contributed by atoms with van der Waals surface area (Å²) in [5, 5.41) is 5.92. The smallest absolute Gasteiger partial charge is 0.321 e. The number of benzene rings is 1. The van der Waals surface area contributed by atoms with Gasteiger partial charge in [0.05, 0.1) is 12.5 Å². The van der Waals surface area contributed by atoms with Crippen molar-refractivity contribution < 1.29 is 14.3 Å². The Morgan fingerprint density at radius 3 is 2.54 bits per heavy atom. The zero-order valence-electron chi connectivity index (χ0n) is 15.5. The van der Waals surface area contributed by atoms with E-state index >= 15 is 0 Å². The molecule has 0 spiro atoms. The van der Waals surface area contributed by atoms with E-state index < -0.39 is 0 Å². The van der Waals surface area contributed by atoms with Crippen LogP contribution in [0.2, 0.25) is 0 Å². The molecular formula is C20H29N3O3. The molecule has 3 rings (SSSR count). The van der Waals surface area contributed by atoms with E-state index in [0.29, 0.717) is 25.6 Å². The van der Waals surface area contributed by atoms with E-state index in [1.807, 2.05) is 31.2 Å². The van der Waals surface area contributed by atoms with Gasteiger partial charge in [0.15, 0.2) is 0 Å². The number of urea groups is 1. The molecule has 1 aromatic rings. The molecule has 142 valence electrons. The van der Waals surface area contributed by atoms with E-state index in [-0.39, 0.29) is 18.0 Å². The Morgan fingerprint density at radius 1 is 1.15 bits per heavy atom. The number of likely N-dealkylation sites (N-methyl/N-ethyl adjacent to an activating group) is 1. The van der Waals surface area contributed by atoms with Crippen LogP contribution in [-0.2, 0) is 16.0 Å². The van der Waals surface area contributed by atoms with Gasteiger partial charge in [0, 0.05) is 31.4 Å². The van der Waals surface area contributed by atoms with Gasteiger partial charge in [-0.15, -0.1) is 0 Å². The Bertz CT molecular complexity index is 607. The van der Waals surface area contributed by atoms with Crippen LogP contribution in [0.3, 0.4) is 0 Å². The minimum absolute atomic E-state index is 0.0638. The molecule has 6 heteroatoms. The van der Waals surface area contributed by atoms with Gasteiger partial charge in [-0.05, 0) is 56.7 Å². The standard InChI is InChI=1S/C20H29N3O3/c1-2-23(14-18-5-3-4-12-26-18)20(25)22-17-8-6-15(7-9-17)13-19(24)21-16-10-11-16/h6-9,16,18H,2-5,10-14H2,1H3,(H,21,24)(H,22,25)/t18-/m1/s1. The summed E-state index contributed by atoms with van der Waals surface area (Å²) in [6.07, 6.45) is 6.00. The highest BCUT2D eigenvalue weighted by Gasteiger charge is 2.23. The lowest BCUT2D eigenvalue weighted by Crippen LogP contribution is -2.41. The maximum atomic E-state index is 12.5. The van der Waals surface area contributed by atoms with Crippen LogP contribution in [0, 0.1) is 0 Å². The molecule has 26 heavy (non-hydrogen) atoms. The maximum Gasteiger partial charge on any atom is 0.321 e. The second-order valence-corrected chi connectivity index (χ2v) is 7.17. The third-order valence-electron chi connectivity index (χ3n) is 4.88. The van der Waals surface area contributed by atoms with Crippen LogP contribution >= 0.6 is 0 Å². The predicted octanol–water partition coefficient (Wildman–Crippen LogP) is 2.93. The molecule has 2 fully saturated rings. The van der Waals surface area contributed by atoms with Crippen LogP contribution in [0.25, 0.3) is 0 Å². The largest absolute Gasteiger partial charge is 0.376 e. The molecule has 1 atom stereocenters. The summed E-state index contributed by atoms with van der Waals surface area (Å²) in [6, 6.07) is 7.76. The Morgan fingerprint density at radius 2 is 1.92 bits per heavy atom. The summed E-state index contributed by atoms with van der Waals surface area (Å²) < 4.78 is 5.74. The van der Waals surface area contributed by atoms with Gasteiger partial charge in [0.2, 0.25) is 5.91 Å². The Hall–Kier alpha value is -2.08. The molecule has 0 bridgehead atoms. The number of nitrogens with one attached hydrogen (secondary N) is 2. The van der Waals surface area contributed by atoms with Crippen molar-refractivity contribution in [1.29, 1.82) is 0 Å². The van der Waals surface area contributed by atoms with Crippen LogP contribution in [0.5, 0.6) is 0 Å². The van der Waals surface area contributed by atoms with Crippen LogP contribution in [0.4, 0.5) is 10.5 Å². The first kappa shape index (κ1) is 18.7. The molecule has 1 saturated heterocycles. The van der Waals surface area contributed by atoms with Crippen molar-refractivity contribution in [3.8, 4) is 0 Å². The highest BCUT2D eigenvalue weighted by Crippen LogP contribution is 2.19. The lowest BCUT2D eigenvalue weighted by Gasteiger charge is -2.29. The molecule has 1 aliphatic carbocycles. The summed E-state index contributed by atoms with van der Waals surface area (Å²) >= 11 is 0. The van der Waals surface area contributed by atoms with Gasteiger partial charge in [-0.1, -0.05) is 12.1 Å². The Kier molecular flexibility index (Phi) is 6.50. The number of nitrogens with zero attached hydrogens (tertiary/aromatic N) is 1. The predicted molar refractivity (Wildman–Crippen MR) is 101 cm³/mol. The molecule has 1 saturated carbocycles. The zero-order chi connectivity index (χ0) is 18.4. The molecule has 6 nitrogen and oxygen atoms in total. The molecule has 0 unspecified atom stereocenters. The number of hydrogen-bond acceptors (Lipinski definition) is 3. The lowest BCUT2D eigenvalue weighted by atomic mass is 10.1. The van der Waals surface area contributed by atoms with E-state index in [1.165, 1.54) is 6.42 Å². The summed E-state index contributed by atoms with van der Waals surface area (Å²) in [5.41, 5.74) is 1.69. The fraction of sp³-hybridized carbons (Fsp3) is 0.600. The topological polar surface area (TPSA) is 70.7 Å². The molecule has 1 aromatic carbocycles. The zero-order valence-corrected chi connectivity index (χ0v) is 15.5.